The summed E-state index contributed by atoms with van der Waals surface area (Å²) in [5.74, 6) is 1.23. The van der Waals surface area contributed by atoms with Crippen LogP contribution in [0.2, 0.25) is 0 Å². The predicted molar refractivity (Wildman–Crippen MR) is 67.1 cm³/mol. The second-order valence-corrected chi connectivity index (χ2v) is 5.06. The highest BCUT2D eigenvalue weighted by molar-refractivity contribution is 5.78. The Balaban J connectivity index is 3.95. The van der Waals surface area contributed by atoms with E-state index in [0.29, 0.717) is 18.4 Å². The highest BCUT2D eigenvalue weighted by atomic mass is 16.3. The molecule has 0 aliphatic carbocycles. The summed E-state index contributed by atoms with van der Waals surface area (Å²) in [5.41, 5.74) is 0. The molecule has 0 radical (unpaired) electrons. The Hall–Kier alpha value is -0.570. The van der Waals surface area contributed by atoms with E-state index in [-0.39, 0.29) is 18.4 Å². The molecule has 0 aromatic heterocycles. The number of hydrogen-bond donors (Lipinski definition) is 2. The third-order valence-corrected chi connectivity index (χ3v) is 2.97. The van der Waals surface area contributed by atoms with E-state index in [1.165, 1.54) is 0 Å². The lowest BCUT2D eigenvalue weighted by Gasteiger charge is -2.19. The molecule has 0 aliphatic rings. The van der Waals surface area contributed by atoms with E-state index in [1.807, 2.05) is 13.8 Å². The molecule has 0 saturated carbocycles. The number of carbonyl (C=O) groups excluding carboxylic acids is 1. The van der Waals surface area contributed by atoms with Crippen LogP contribution in [0.15, 0.2) is 0 Å². The molecule has 3 nitrogen and oxygen atoms in total. The SMILES string of the molecule is CCC(C)C(=O)NCC(CCO)CC(C)C. The van der Waals surface area contributed by atoms with E-state index in [2.05, 4.69) is 19.2 Å². The van der Waals surface area contributed by atoms with Gasteiger partial charge in [-0.25, -0.2) is 0 Å². The fraction of sp³-hybridized carbons (Fsp3) is 0.923. The average Bonchev–Trinajstić information content (AvgIpc) is 2.23. The summed E-state index contributed by atoms with van der Waals surface area (Å²) in [4.78, 5) is 11.6. The van der Waals surface area contributed by atoms with E-state index in [1.54, 1.807) is 0 Å². The molecule has 0 saturated heterocycles. The first-order valence-corrected chi connectivity index (χ1v) is 6.39. The van der Waals surface area contributed by atoms with Crippen molar-refractivity contribution in [2.45, 2.75) is 47.0 Å². The summed E-state index contributed by atoms with van der Waals surface area (Å²) in [6.45, 7) is 9.20. The average molecular weight is 229 g/mol. The second-order valence-electron chi connectivity index (χ2n) is 5.06. The Labute approximate surface area is 99.6 Å². The zero-order valence-corrected chi connectivity index (χ0v) is 11.1. The Kier molecular flexibility index (Phi) is 8.26. The van der Waals surface area contributed by atoms with Crippen LogP contribution in [-0.2, 0) is 4.79 Å². The summed E-state index contributed by atoms with van der Waals surface area (Å²) in [5, 5.41) is 11.9. The number of amides is 1. The molecule has 2 atom stereocenters. The molecular formula is C13H27NO2. The third kappa shape index (κ3) is 6.83. The van der Waals surface area contributed by atoms with Crippen LogP contribution in [0.3, 0.4) is 0 Å². The fourth-order valence-electron chi connectivity index (χ4n) is 1.76. The van der Waals surface area contributed by atoms with E-state index >= 15 is 0 Å². The van der Waals surface area contributed by atoms with Crippen molar-refractivity contribution in [3.8, 4) is 0 Å². The Morgan fingerprint density at radius 1 is 1.31 bits per heavy atom. The van der Waals surface area contributed by atoms with Gasteiger partial charge in [0, 0.05) is 19.1 Å². The van der Waals surface area contributed by atoms with Crippen LogP contribution in [0.4, 0.5) is 0 Å². The maximum atomic E-state index is 11.6. The molecule has 0 aromatic rings. The summed E-state index contributed by atoms with van der Waals surface area (Å²) in [6, 6.07) is 0. The molecular weight excluding hydrogens is 202 g/mol. The van der Waals surface area contributed by atoms with Crippen molar-refractivity contribution in [3.63, 3.8) is 0 Å². The number of hydrogen-bond acceptors (Lipinski definition) is 2. The number of carbonyl (C=O) groups is 1. The molecule has 1 amide bonds. The second kappa shape index (κ2) is 8.57. The van der Waals surface area contributed by atoms with Crippen molar-refractivity contribution in [2.75, 3.05) is 13.2 Å². The maximum absolute atomic E-state index is 11.6. The van der Waals surface area contributed by atoms with Gasteiger partial charge in [0.05, 0.1) is 0 Å². The third-order valence-electron chi connectivity index (χ3n) is 2.97. The van der Waals surface area contributed by atoms with E-state index in [0.717, 1.165) is 19.3 Å². The van der Waals surface area contributed by atoms with Crippen LogP contribution < -0.4 is 5.32 Å². The van der Waals surface area contributed by atoms with E-state index in [9.17, 15) is 4.79 Å². The van der Waals surface area contributed by atoms with Gasteiger partial charge in [-0.05, 0) is 31.1 Å². The molecule has 96 valence electrons. The zero-order valence-electron chi connectivity index (χ0n) is 11.1. The Bertz CT molecular complexity index is 192. The minimum absolute atomic E-state index is 0.0915. The summed E-state index contributed by atoms with van der Waals surface area (Å²) in [7, 11) is 0. The molecule has 0 aliphatic heterocycles. The molecule has 2 unspecified atom stereocenters. The monoisotopic (exact) mass is 229 g/mol. The number of aliphatic hydroxyl groups is 1. The van der Waals surface area contributed by atoms with Crippen LogP contribution in [0, 0.1) is 17.8 Å². The maximum Gasteiger partial charge on any atom is 0.222 e. The lowest BCUT2D eigenvalue weighted by molar-refractivity contribution is -0.124. The van der Waals surface area contributed by atoms with Gasteiger partial charge in [-0.1, -0.05) is 27.7 Å². The largest absolute Gasteiger partial charge is 0.396 e. The van der Waals surface area contributed by atoms with Gasteiger partial charge in [0.1, 0.15) is 0 Å². The van der Waals surface area contributed by atoms with Gasteiger partial charge in [-0.3, -0.25) is 4.79 Å². The smallest absolute Gasteiger partial charge is 0.222 e. The summed E-state index contributed by atoms with van der Waals surface area (Å²) in [6.07, 6.45) is 2.71. The molecule has 0 bridgehead atoms. The van der Waals surface area contributed by atoms with Crippen LogP contribution >= 0.6 is 0 Å². The van der Waals surface area contributed by atoms with Gasteiger partial charge >= 0.3 is 0 Å². The van der Waals surface area contributed by atoms with Crippen molar-refractivity contribution in [1.29, 1.82) is 0 Å². The summed E-state index contributed by atoms with van der Waals surface area (Å²) < 4.78 is 0. The van der Waals surface area contributed by atoms with Gasteiger partial charge in [0.15, 0.2) is 0 Å². The molecule has 0 aromatic carbocycles. The van der Waals surface area contributed by atoms with Gasteiger partial charge in [-0.2, -0.15) is 0 Å². The van der Waals surface area contributed by atoms with Gasteiger partial charge in [0.2, 0.25) is 5.91 Å². The molecule has 16 heavy (non-hydrogen) atoms. The quantitative estimate of drug-likeness (QED) is 0.670. The standard InChI is InChI=1S/C13H27NO2/c1-5-11(4)13(16)14-9-12(6-7-15)8-10(2)3/h10-12,15H,5-9H2,1-4H3,(H,14,16). The lowest BCUT2D eigenvalue weighted by atomic mass is 9.94. The minimum Gasteiger partial charge on any atom is -0.396 e. The molecule has 0 heterocycles. The molecule has 0 spiro atoms. The molecule has 0 rings (SSSR count). The van der Waals surface area contributed by atoms with Crippen molar-refractivity contribution in [3.05, 3.63) is 0 Å². The minimum atomic E-state index is 0.0915. The van der Waals surface area contributed by atoms with Crippen LogP contribution in [0.25, 0.3) is 0 Å². The van der Waals surface area contributed by atoms with Crippen molar-refractivity contribution >= 4 is 5.91 Å². The fourth-order valence-corrected chi connectivity index (χ4v) is 1.76. The molecule has 3 heteroatoms. The molecule has 0 fully saturated rings. The van der Waals surface area contributed by atoms with Crippen LogP contribution in [-0.4, -0.2) is 24.2 Å². The summed E-state index contributed by atoms with van der Waals surface area (Å²) >= 11 is 0. The van der Waals surface area contributed by atoms with E-state index in [4.69, 9.17) is 5.11 Å². The highest BCUT2D eigenvalue weighted by Crippen LogP contribution is 2.14. The first-order chi connectivity index (χ1) is 7.51. The number of aliphatic hydroxyl groups excluding tert-OH is 1. The molecule has 2 N–H and O–H groups in total. The normalized spacial score (nSPS) is 14.9. The van der Waals surface area contributed by atoms with Crippen molar-refractivity contribution in [2.24, 2.45) is 17.8 Å². The van der Waals surface area contributed by atoms with E-state index < -0.39 is 0 Å². The van der Waals surface area contributed by atoms with Crippen molar-refractivity contribution in [1.82, 2.24) is 5.32 Å². The zero-order chi connectivity index (χ0) is 12.6. The van der Waals surface area contributed by atoms with Crippen LogP contribution in [0.1, 0.15) is 47.0 Å². The van der Waals surface area contributed by atoms with Crippen LogP contribution in [0.5, 0.6) is 0 Å². The highest BCUT2D eigenvalue weighted by Gasteiger charge is 2.14. The van der Waals surface area contributed by atoms with Crippen molar-refractivity contribution < 1.29 is 9.90 Å². The Morgan fingerprint density at radius 2 is 1.94 bits per heavy atom. The first kappa shape index (κ1) is 15.4. The van der Waals surface area contributed by atoms with Gasteiger partial charge in [0.25, 0.3) is 0 Å². The topological polar surface area (TPSA) is 49.3 Å². The predicted octanol–water partition coefficient (Wildman–Crippen LogP) is 2.19. The first-order valence-electron chi connectivity index (χ1n) is 6.39. The lowest BCUT2D eigenvalue weighted by Crippen LogP contribution is -2.33. The Morgan fingerprint density at radius 3 is 2.38 bits per heavy atom. The van der Waals surface area contributed by atoms with Gasteiger partial charge < -0.3 is 10.4 Å². The van der Waals surface area contributed by atoms with Gasteiger partial charge in [-0.15, -0.1) is 0 Å². The number of nitrogens with one attached hydrogen (secondary N) is 1. The number of rotatable bonds is 8.